The molecule has 0 aliphatic heterocycles. The third kappa shape index (κ3) is 4.53. The number of hydrogen-bond acceptors (Lipinski definition) is 8. The number of aromatic nitrogens is 4. The molecule has 1 atom stereocenters. The summed E-state index contributed by atoms with van der Waals surface area (Å²) in [6, 6.07) is 4.53. The van der Waals surface area contributed by atoms with Crippen molar-refractivity contribution < 1.29 is 14.6 Å². The zero-order chi connectivity index (χ0) is 20.4. The molecule has 1 fully saturated rings. The molecule has 4 rings (SSSR count). The summed E-state index contributed by atoms with van der Waals surface area (Å²) in [5.74, 6) is 1.51. The van der Waals surface area contributed by atoms with Gasteiger partial charge in [-0.3, -0.25) is 4.79 Å². The third-order valence-electron chi connectivity index (χ3n) is 4.78. The predicted molar refractivity (Wildman–Crippen MR) is 110 cm³/mol. The molecule has 1 aliphatic carbocycles. The minimum Gasteiger partial charge on any atom is -0.504 e. The second-order valence-electron chi connectivity index (χ2n) is 7.04. The van der Waals surface area contributed by atoms with Crippen molar-refractivity contribution in [3.05, 3.63) is 30.1 Å². The standard InChI is InChI=1S/C19H22N6O3S/c1-28-14-7-11(4-5-13(14)26)17(27)23-12(6-10-2-3-10)8-29-18-15-16(22-9-21-15)24-19(20)25-18/h4-5,7,9-10,12,26H,2-3,6,8H2,1H3,(H,23,27)(H3,20,21,22,24,25)/t12-/m1/s1. The fourth-order valence-corrected chi connectivity index (χ4v) is 4.15. The van der Waals surface area contributed by atoms with Gasteiger partial charge >= 0.3 is 0 Å². The number of imidazole rings is 1. The summed E-state index contributed by atoms with van der Waals surface area (Å²) in [5, 5.41) is 13.6. The minimum absolute atomic E-state index is 0.000870. The Bertz CT molecular complexity index is 1040. The highest BCUT2D eigenvalue weighted by Gasteiger charge is 2.27. The number of nitrogens with one attached hydrogen (secondary N) is 2. The number of nitrogens with zero attached hydrogens (tertiary/aromatic N) is 3. The Morgan fingerprint density at radius 2 is 2.28 bits per heavy atom. The van der Waals surface area contributed by atoms with E-state index < -0.39 is 0 Å². The van der Waals surface area contributed by atoms with Gasteiger partial charge in [0.05, 0.1) is 13.4 Å². The van der Waals surface area contributed by atoms with Gasteiger partial charge in [-0.2, -0.15) is 4.98 Å². The Balaban J connectivity index is 1.47. The van der Waals surface area contributed by atoms with E-state index in [-0.39, 0.29) is 29.4 Å². The van der Waals surface area contributed by atoms with E-state index in [9.17, 15) is 9.90 Å². The number of nitrogens with two attached hydrogens (primary N) is 1. The number of fused-ring (bicyclic) bond motifs is 1. The highest BCUT2D eigenvalue weighted by molar-refractivity contribution is 7.99. The summed E-state index contributed by atoms with van der Waals surface area (Å²) >= 11 is 1.51. The van der Waals surface area contributed by atoms with Crippen LogP contribution in [0.3, 0.4) is 0 Å². The van der Waals surface area contributed by atoms with E-state index in [1.165, 1.54) is 43.8 Å². The normalized spacial score (nSPS) is 14.7. The molecule has 3 aromatic rings. The summed E-state index contributed by atoms with van der Waals surface area (Å²) in [5.41, 5.74) is 7.49. The molecule has 0 unspecified atom stereocenters. The number of anilines is 1. The van der Waals surface area contributed by atoms with Gasteiger partial charge in [0, 0.05) is 17.4 Å². The lowest BCUT2D eigenvalue weighted by atomic mass is 10.1. The van der Waals surface area contributed by atoms with Gasteiger partial charge in [0.1, 0.15) is 10.5 Å². The molecule has 2 aromatic heterocycles. The number of aromatic hydroxyl groups is 1. The maximum Gasteiger partial charge on any atom is 0.251 e. The predicted octanol–water partition coefficient (Wildman–Crippen LogP) is 2.34. The minimum atomic E-state index is -0.205. The maximum absolute atomic E-state index is 12.8. The molecule has 29 heavy (non-hydrogen) atoms. The van der Waals surface area contributed by atoms with E-state index in [2.05, 4.69) is 25.3 Å². The van der Waals surface area contributed by atoms with E-state index in [1.54, 1.807) is 12.4 Å². The SMILES string of the molecule is COc1cc(C(=O)N[C@@H](CSc2nc(N)nc3nc[nH]c23)CC2CC2)ccc1O. The molecule has 10 heteroatoms. The summed E-state index contributed by atoms with van der Waals surface area (Å²) in [4.78, 5) is 28.3. The molecule has 0 radical (unpaired) electrons. The zero-order valence-electron chi connectivity index (χ0n) is 15.9. The number of aromatic amines is 1. The van der Waals surface area contributed by atoms with Crippen molar-refractivity contribution in [1.29, 1.82) is 0 Å². The molecule has 2 heterocycles. The van der Waals surface area contributed by atoms with Gasteiger partial charge in [-0.05, 0) is 30.5 Å². The molecule has 152 valence electrons. The molecular formula is C19H22N6O3S. The summed E-state index contributed by atoms with van der Waals surface area (Å²) < 4.78 is 5.10. The number of methoxy groups -OCH3 is 1. The Hall–Kier alpha value is -3.01. The van der Waals surface area contributed by atoms with Gasteiger partial charge in [0.15, 0.2) is 17.1 Å². The molecule has 0 bridgehead atoms. The highest BCUT2D eigenvalue weighted by atomic mass is 32.2. The number of benzene rings is 1. The molecule has 1 aliphatic rings. The number of ether oxygens (including phenoxy) is 1. The van der Waals surface area contributed by atoms with Crippen LogP contribution in [-0.4, -0.2) is 49.9 Å². The first-order chi connectivity index (χ1) is 14.0. The van der Waals surface area contributed by atoms with Gasteiger partial charge in [-0.25, -0.2) is 9.97 Å². The number of rotatable bonds is 8. The first-order valence-corrected chi connectivity index (χ1v) is 10.3. The first kappa shape index (κ1) is 19.3. The van der Waals surface area contributed by atoms with Crippen molar-refractivity contribution in [1.82, 2.24) is 25.3 Å². The number of nitrogen functional groups attached to an aromatic ring is 1. The van der Waals surface area contributed by atoms with Gasteiger partial charge < -0.3 is 25.9 Å². The smallest absolute Gasteiger partial charge is 0.251 e. The topological polar surface area (TPSA) is 139 Å². The van der Waals surface area contributed by atoms with Crippen LogP contribution in [0.4, 0.5) is 5.95 Å². The van der Waals surface area contributed by atoms with E-state index in [0.717, 1.165) is 11.9 Å². The Kier molecular flexibility index (Phi) is 5.43. The molecule has 0 saturated heterocycles. The van der Waals surface area contributed by atoms with Crippen molar-refractivity contribution in [2.24, 2.45) is 5.92 Å². The number of thioether (sulfide) groups is 1. The lowest BCUT2D eigenvalue weighted by Gasteiger charge is -2.18. The van der Waals surface area contributed by atoms with E-state index in [0.29, 0.717) is 27.9 Å². The fraction of sp³-hybridized carbons (Fsp3) is 0.368. The van der Waals surface area contributed by atoms with E-state index in [4.69, 9.17) is 10.5 Å². The van der Waals surface area contributed by atoms with Crippen molar-refractivity contribution in [2.75, 3.05) is 18.6 Å². The number of amides is 1. The molecule has 1 amide bonds. The average Bonchev–Trinajstić information content (AvgIpc) is 3.39. The quantitative estimate of drug-likeness (QED) is 0.325. The van der Waals surface area contributed by atoms with Crippen molar-refractivity contribution in [3.63, 3.8) is 0 Å². The molecule has 0 spiro atoms. The molecule has 5 N–H and O–H groups in total. The number of H-pyrrole nitrogens is 1. The Morgan fingerprint density at radius 1 is 1.45 bits per heavy atom. The van der Waals surface area contributed by atoms with Crippen LogP contribution in [-0.2, 0) is 0 Å². The molecule has 1 aromatic carbocycles. The fourth-order valence-electron chi connectivity index (χ4n) is 3.12. The van der Waals surface area contributed by atoms with Crippen LogP contribution >= 0.6 is 11.8 Å². The molecule has 1 saturated carbocycles. The highest BCUT2D eigenvalue weighted by Crippen LogP contribution is 2.35. The monoisotopic (exact) mass is 414 g/mol. The van der Waals surface area contributed by atoms with Gasteiger partial charge in [-0.1, -0.05) is 12.8 Å². The van der Waals surface area contributed by atoms with E-state index in [1.807, 2.05) is 0 Å². The van der Waals surface area contributed by atoms with Gasteiger partial charge in [-0.15, -0.1) is 11.8 Å². The third-order valence-corrected chi connectivity index (χ3v) is 5.92. The zero-order valence-corrected chi connectivity index (χ0v) is 16.7. The van der Waals surface area contributed by atoms with Crippen LogP contribution in [0, 0.1) is 5.92 Å². The summed E-state index contributed by atoms with van der Waals surface area (Å²) in [7, 11) is 1.45. The van der Waals surface area contributed by atoms with Crippen molar-refractivity contribution in [2.45, 2.75) is 30.3 Å². The summed E-state index contributed by atoms with van der Waals surface area (Å²) in [6.07, 6.45) is 4.84. The first-order valence-electron chi connectivity index (χ1n) is 9.30. The number of carbonyl (C=O) groups excluding carboxylic acids is 1. The van der Waals surface area contributed by atoms with E-state index >= 15 is 0 Å². The second-order valence-corrected chi connectivity index (χ2v) is 8.04. The van der Waals surface area contributed by atoms with Crippen molar-refractivity contribution >= 4 is 34.8 Å². The van der Waals surface area contributed by atoms with Crippen LogP contribution in [0.15, 0.2) is 29.6 Å². The maximum atomic E-state index is 12.8. The largest absolute Gasteiger partial charge is 0.504 e. The number of hydrogen-bond donors (Lipinski definition) is 4. The Morgan fingerprint density at radius 3 is 3.03 bits per heavy atom. The number of carbonyl (C=O) groups is 1. The lowest BCUT2D eigenvalue weighted by molar-refractivity contribution is 0.0938. The number of phenols is 1. The number of phenolic OH excluding ortho intramolecular Hbond substituents is 1. The lowest BCUT2D eigenvalue weighted by Crippen LogP contribution is -2.37. The van der Waals surface area contributed by atoms with Crippen LogP contribution in [0.2, 0.25) is 0 Å². The van der Waals surface area contributed by atoms with Crippen LogP contribution in [0.5, 0.6) is 11.5 Å². The average molecular weight is 414 g/mol. The molecule has 9 nitrogen and oxygen atoms in total. The van der Waals surface area contributed by atoms with Crippen molar-refractivity contribution in [3.8, 4) is 11.5 Å². The van der Waals surface area contributed by atoms with Crippen LogP contribution in [0.1, 0.15) is 29.6 Å². The van der Waals surface area contributed by atoms with Crippen LogP contribution in [0.25, 0.3) is 11.2 Å². The Labute approximate surface area is 171 Å². The second kappa shape index (κ2) is 8.16. The van der Waals surface area contributed by atoms with Gasteiger partial charge in [0.2, 0.25) is 5.95 Å². The molecular weight excluding hydrogens is 392 g/mol. The van der Waals surface area contributed by atoms with Gasteiger partial charge in [0.25, 0.3) is 5.91 Å². The summed E-state index contributed by atoms with van der Waals surface area (Å²) in [6.45, 7) is 0. The van der Waals surface area contributed by atoms with Crippen LogP contribution < -0.4 is 15.8 Å².